The summed E-state index contributed by atoms with van der Waals surface area (Å²) in [6.45, 7) is 2.41. The lowest BCUT2D eigenvalue weighted by atomic mass is 10.4. The van der Waals surface area contributed by atoms with E-state index in [1.54, 1.807) is 17.8 Å². The van der Waals surface area contributed by atoms with Crippen molar-refractivity contribution in [3.63, 3.8) is 0 Å². The van der Waals surface area contributed by atoms with Gasteiger partial charge in [-0.05, 0) is 18.4 Å². The van der Waals surface area contributed by atoms with Gasteiger partial charge in [0, 0.05) is 13.0 Å². The molecule has 2 rings (SSSR count). The molecule has 3 nitrogen and oxygen atoms in total. The normalized spacial score (nSPS) is 9.93. The third kappa shape index (κ3) is 1.92. The van der Waals surface area contributed by atoms with Gasteiger partial charge in [-0.1, -0.05) is 0 Å². The van der Waals surface area contributed by atoms with Crippen molar-refractivity contribution in [2.75, 3.05) is 0 Å². The molecule has 0 aliphatic carbocycles. The Morgan fingerprint density at radius 3 is 3.27 bits per heavy atom. The van der Waals surface area contributed by atoms with Gasteiger partial charge >= 0.3 is 0 Å². The molecule has 0 amide bonds. The van der Waals surface area contributed by atoms with E-state index in [9.17, 15) is 4.79 Å². The van der Waals surface area contributed by atoms with Crippen molar-refractivity contribution in [2.45, 2.75) is 19.9 Å². The van der Waals surface area contributed by atoms with Crippen molar-refractivity contribution in [3.05, 3.63) is 28.1 Å². The zero-order valence-electron chi connectivity index (χ0n) is 8.36. The highest BCUT2D eigenvalue weighted by Crippen LogP contribution is 2.12. The molecule has 76 valence electrons. The van der Waals surface area contributed by atoms with E-state index in [1.807, 2.05) is 11.4 Å². The van der Waals surface area contributed by atoms with E-state index >= 15 is 0 Å². The fraction of sp³-hybridized carbons (Fsp3) is 0.273. The summed E-state index contributed by atoms with van der Waals surface area (Å²) < 4.78 is 2.34. The maximum absolute atomic E-state index is 11.9. The average molecular weight is 218 g/mol. The van der Waals surface area contributed by atoms with Crippen molar-refractivity contribution >= 4 is 21.6 Å². The SMILES string of the molecule is CC#CCCn1cnc2ccsc2c1=O. The van der Waals surface area contributed by atoms with Crippen molar-refractivity contribution in [3.8, 4) is 11.8 Å². The summed E-state index contributed by atoms with van der Waals surface area (Å²) in [6, 6.07) is 1.86. The number of fused-ring (bicyclic) bond motifs is 1. The molecule has 0 aliphatic heterocycles. The standard InChI is InChI=1S/C11H10N2OS/c1-2-3-4-6-13-8-12-9-5-7-15-10(9)11(13)14/h5,7-8H,4,6H2,1H3. The Bertz CT molecular complexity index is 586. The monoisotopic (exact) mass is 218 g/mol. The third-order valence-electron chi connectivity index (χ3n) is 2.09. The molecule has 4 heteroatoms. The highest BCUT2D eigenvalue weighted by Gasteiger charge is 2.03. The smallest absolute Gasteiger partial charge is 0.271 e. The number of rotatable bonds is 2. The topological polar surface area (TPSA) is 34.9 Å². The first-order valence-corrected chi connectivity index (χ1v) is 5.53. The van der Waals surface area contributed by atoms with E-state index in [-0.39, 0.29) is 5.56 Å². The fourth-order valence-corrected chi connectivity index (χ4v) is 2.13. The van der Waals surface area contributed by atoms with Gasteiger partial charge in [0.05, 0.1) is 11.8 Å². The number of thiophene rings is 1. The highest BCUT2D eigenvalue weighted by molar-refractivity contribution is 7.17. The largest absolute Gasteiger partial charge is 0.297 e. The van der Waals surface area contributed by atoms with Gasteiger partial charge in [0.1, 0.15) is 4.70 Å². The molecule has 2 aromatic heterocycles. The summed E-state index contributed by atoms with van der Waals surface area (Å²) in [7, 11) is 0. The number of aryl methyl sites for hydroxylation is 1. The van der Waals surface area contributed by atoms with E-state index in [1.165, 1.54) is 11.3 Å². The predicted octanol–water partition coefficient (Wildman–Crippen LogP) is 1.87. The van der Waals surface area contributed by atoms with Crippen LogP contribution >= 0.6 is 11.3 Å². The van der Waals surface area contributed by atoms with Crippen LogP contribution in [0.3, 0.4) is 0 Å². The molecule has 2 heterocycles. The molecule has 0 atom stereocenters. The number of nitrogens with zero attached hydrogens (tertiary/aromatic N) is 2. The fourth-order valence-electron chi connectivity index (χ4n) is 1.34. The zero-order chi connectivity index (χ0) is 10.7. The van der Waals surface area contributed by atoms with E-state index in [0.29, 0.717) is 13.0 Å². The van der Waals surface area contributed by atoms with Gasteiger partial charge in [-0.2, -0.15) is 0 Å². The molecule has 0 saturated carbocycles. The van der Waals surface area contributed by atoms with Crippen LogP contribution in [0.2, 0.25) is 0 Å². The summed E-state index contributed by atoms with van der Waals surface area (Å²) in [5, 5.41) is 1.88. The van der Waals surface area contributed by atoms with Crippen molar-refractivity contribution in [1.29, 1.82) is 0 Å². The van der Waals surface area contributed by atoms with Gasteiger partial charge < -0.3 is 0 Å². The summed E-state index contributed by atoms with van der Waals surface area (Å²) >= 11 is 1.44. The van der Waals surface area contributed by atoms with E-state index in [2.05, 4.69) is 16.8 Å². The van der Waals surface area contributed by atoms with Crippen molar-refractivity contribution < 1.29 is 0 Å². The highest BCUT2D eigenvalue weighted by atomic mass is 32.1. The maximum Gasteiger partial charge on any atom is 0.271 e. The van der Waals surface area contributed by atoms with Gasteiger partial charge in [0.25, 0.3) is 5.56 Å². The lowest BCUT2D eigenvalue weighted by molar-refractivity contribution is 0.682. The van der Waals surface area contributed by atoms with Crippen LogP contribution in [-0.2, 0) is 6.54 Å². The summed E-state index contributed by atoms with van der Waals surface area (Å²) in [6.07, 6.45) is 2.28. The Hall–Kier alpha value is -1.60. The molecule has 15 heavy (non-hydrogen) atoms. The van der Waals surface area contributed by atoms with Crippen LogP contribution in [0.25, 0.3) is 10.2 Å². The molecule has 0 spiro atoms. The summed E-state index contributed by atoms with van der Waals surface area (Å²) in [4.78, 5) is 16.1. The Balaban J connectivity index is 2.38. The summed E-state index contributed by atoms with van der Waals surface area (Å²) in [5.41, 5.74) is 0.815. The minimum absolute atomic E-state index is 0.0351. The molecule has 0 bridgehead atoms. The van der Waals surface area contributed by atoms with Gasteiger partial charge in [0.2, 0.25) is 0 Å². The second kappa shape index (κ2) is 4.28. The van der Waals surface area contributed by atoms with E-state index < -0.39 is 0 Å². The minimum Gasteiger partial charge on any atom is -0.297 e. The molecule has 0 unspecified atom stereocenters. The van der Waals surface area contributed by atoms with Gasteiger partial charge in [-0.3, -0.25) is 9.36 Å². The number of aromatic nitrogens is 2. The molecule has 0 fully saturated rings. The molecule has 2 aromatic rings. The second-order valence-electron chi connectivity index (χ2n) is 3.05. The first kappa shape index (κ1) is 9.94. The van der Waals surface area contributed by atoms with Crippen LogP contribution in [0.4, 0.5) is 0 Å². The van der Waals surface area contributed by atoms with Crippen LogP contribution in [0.15, 0.2) is 22.6 Å². The van der Waals surface area contributed by atoms with Crippen molar-refractivity contribution in [2.24, 2.45) is 0 Å². The first-order valence-electron chi connectivity index (χ1n) is 4.65. The van der Waals surface area contributed by atoms with Gasteiger partial charge in [-0.25, -0.2) is 4.98 Å². The van der Waals surface area contributed by atoms with E-state index in [0.717, 1.165) is 10.2 Å². The van der Waals surface area contributed by atoms with Gasteiger partial charge in [0.15, 0.2) is 0 Å². The second-order valence-corrected chi connectivity index (χ2v) is 3.97. The van der Waals surface area contributed by atoms with E-state index in [4.69, 9.17) is 0 Å². The molecule has 0 radical (unpaired) electrons. The van der Waals surface area contributed by atoms with Crippen LogP contribution in [-0.4, -0.2) is 9.55 Å². The molecule has 0 aliphatic rings. The number of hydrogen-bond donors (Lipinski definition) is 0. The van der Waals surface area contributed by atoms with Crippen molar-refractivity contribution in [1.82, 2.24) is 9.55 Å². The molecule has 0 saturated heterocycles. The predicted molar refractivity (Wildman–Crippen MR) is 61.9 cm³/mol. The lowest BCUT2D eigenvalue weighted by Gasteiger charge is -2.00. The minimum atomic E-state index is 0.0351. The Morgan fingerprint density at radius 2 is 2.47 bits per heavy atom. The molecule has 0 N–H and O–H groups in total. The Labute approximate surface area is 91.4 Å². The van der Waals surface area contributed by atoms with Crippen LogP contribution in [0, 0.1) is 11.8 Å². The average Bonchev–Trinajstić information content (AvgIpc) is 2.70. The molecule has 0 aromatic carbocycles. The Morgan fingerprint density at radius 1 is 1.60 bits per heavy atom. The quantitative estimate of drug-likeness (QED) is 0.721. The van der Waals surface area contributed by atoms with Gasteiger partial charge in [-0.15, -0.1) is 23.2 Å². The maximum atomic E-state index is 11.9. The lowest BCUT2D eigenvalue weighted by Crippen LogP contribution is -2.19. The molecular formula is C11H10N2OS. The first-order chi connectivity index (χ1) is 7.33. The Kier molecular flexibility index (Phi) is 2.84. The zero-order valence-corrected chi connectivity index (χ0v) is 9.17. The molecular weight excluding hydrogens is 208 g/mol. The van der Waals surface area contributed by atoms with Crippen LogP contribution < -0.4 is 5.56 Å². The van der Waals surface area contributed by atoms with Crippen LogP contribution in [0.5, 0.6) is 0 Å². The third-order valence-corrected chi connectivity index (χ3v) is 2.98. The van der Waals surface area contributed by atoms with Crippen LogP contribution in [0.1, 0.15) is 13.3 Å². The number of hydrogen-bond acceptors (Lipinski definition) is 3. The summed E-state index contributed by atoms with van der Waals surface area (Å²) in [5.74, 6) is 5.74.